The van der Waals surface area contributed by atoms with Crippen molar-refractivity contribution in [3.05, 3.63) is 45.1 Å². The topological polar surface area (TPSA) is 111 Å². The van der Waals surface area contributed by atoms with E-state index in [1.165, 1.54) is 0 Å². The Balaban J connectivity index is 1.98. The van der Waals surface area contributed by atoms with Gasteiger partial charge in [-0.3, -0.25) is 14.2 Å². The van der Waals surface area contributed by atoms with Crippen LogP contribution in [0.5, 0.6) is 17.4 Å². The lowest BCUT2D eigenvalue weighted by Gasteiger charge is -2.15. The van der Waals surface area contributed by atoms with Gasteiger partial charge in [0.05, 0.1) is 13.2 Å². The molecule has 0 bridgehead atoms. The maximum Gasteiger partial charge on any atom is 0.389 e. The first-order chi connectivity index (χ1) is 19.7. The Morgan fingerprint density at radius 1 is 0.929 bits per heavy atom. The second-order valence-electron chi connectivity index (χ2n) is 9.20. The van der Waals surface area contributed by atoms with Crippen LogP contribution in [0, 0.1) is 0 Å². The van der Waals surface area contributed by atoms with Crippen molar-refractivity contribution in [1.29, 1.82) is 0 Å². The highest BCUT2D eigenvalue weighted by molar-refractivity contribution is 5.68. The van der Waals surface area contributed by atoms with Crippen molar-refractivity contribution in [2.24, 2.45) is 0 Å². The first kappa shape index (κ1) is 34.5. The Morgan fingerprint density at radius 3 is 2.19 bits per heavy atom. The number of aromatic nitrogens is 3. The normalized spacial score (nSPS) is 12.6. The molecule has 0 N–H and O–H groups in total. The van der Waals surface area contributed by atoms with Crippen LogP contribution in [0.1, 0.15) is 52.4 Å². The van der Waals surface area contributed by atoms with Gasteiger partial charge in [0.15, 0.2) is 0 Å². The zero-order chi connectivity index (χ0) is 31.3. The molecule has 16 heteroatoms. The molecule has 0 aliphatic rings. The Kier molecular flexibility index (Phi) is 13.2. The predicted molar refractivity (Wildman–Crippen MR) is 137 cm³/mol. The summed E-state index contributed by atoms with van der Waals surface area (Å²) in [6, 6.07) is 6.63. The monoisotopic (exact) mass is 613 g/mol. The summed E-state index contributed by atoms with van der Waals surface area (Å²) in [7, 11) is 0. The number of benzene rings is 1. The fraction of sp³-hybridized carbons (Fsp3) is 0.615. The zero-order valence-electron chi connectivity index (χ0n) is 23.1. The molecule has 1 aromatic heterocycles. The van der Waals surface area contributed by atoms with E-state index < -0.39 is 74.4 Å². The molecular weight excluding hydrogens is 580 g/mol. The average molecular weight is 614 g/mol. The Morgan fingerprint density at radius 2 is 1.55 bits per heavy atom. The van der Waals surface area contributed by atoms with Gasteiger partial charge >= 0.3 is 29.6 Å². The number of carbonyl (C=O) groups is 1. The standard InChI is InChI=1S/C26H33F6N3O7/c1-3-21(36)41-17-18(2)42-20-9-4-8-19(16-20)39-14-7-15-40-22-23(37)34(12-5-10-25(27,28)29)24(38)35(33-22)13-6-11-26(30,31)32/h4,8-9,16,18H,3,5-7,10-15,17H2,1-2H3. The lowest BCUT2D eigenvalue weighted by atomic mass is 10.3. The van der Waals surface area contributed by atoms with Crippen LogP contribution < -0.4 is 25.5 Å². The number of halogens is 6. The summed E-state index contributed by atoms with van der Waals surface area (Å²) >= 11 is 0. The van der Waals surface area contributed by atoms with Crippen LogP contribution in [0.3, 0.4) is 0 Å². The largest absolute Gasteiger partial charge is 0.493 e. The lowest BCUT2D eigenvalue weighted by Crippen LogP contribution is -2.42. The summed E-state index contributed by atoms with van der Waals surface area (Å²) in [6.45, 7) is 2.29. The van der Waals surface area contributed by atoms with E-state index in [0.29, 0.717) is 20.7 Å². The minimum atomic E-state index is -4.52. The Bertz CT molecular complexity index is 1260. The quantitative estimate of drug-likeness (QED) is 0.144. The van der Waals surface area contributed by atoms with Crippen LogP contribution in [-0.4, -0.2) is 58.6 Å². The number of rotatable bonds is 17. The second kappa shape index (κ2) is 16.1. The molecule has 0 aliphatic carbocycles. The highest BCUT2D eigenvalue weighted by atomic mass is 19.4. The molecule has 2 rings (SSSR count). The third-order valence-corrected chi connectivity index (χ3v) is 5.47. The molecule has 0 saturated carbocycles. The third-order valence-electron chi connectivity index (χ3n) is 5.47. The highest BCUT2D eigenvalue weighted by Gasteiger charge is 2.28. The van der Waals surface area contributed by atoms with Gasteiger partial charge in [-0.15, -0.1) is 5.10 Å². The molecule has 0 spiro atoms. The van der Waals surface area contributed by atoms with E-state index in [0.717, 1.165) is 0 Å². The maximum absolute atomic E-state index is 12.7. The van der Waals surface area contributed by atoms with Crippen molar-refractivity contribution >= 4 is 5.97 Å². The summed E-state index contributed by atoms with van der Waals surface area (Å²) in [4.78, 5) is 36.5. The SMILES string of the molecule is CCC(=O)OCC(C)Oc1cccc(OCCCOc2nn(CCCC(F)(F)F)c(=O)n(CCCC(F)(F)F)c2=O)c1. The van der Waals surface area contributed by atoms with Crippen LogP contribution in [0.4, 0.5) is 26.3 Å². The molecule has 236 valence electrons. The zero-order valence-corrected chi connectivity index (χ0v) is 23.1. The van der Waals surface area contributed by atoms with E-state index in [9.17, 15) is 40.7 Å². The Hall–Kier alpha value is -3.72. The Labute approximate surface area is 237 Å². The fourth-order valence-corrected chi connectivity index (χ4v) is 3.47. The molecule has 42 heavy (non-hydrogen) atoms. The van der Waals surface area contributed by atoms with Crippen molar-refractivity contribution in [3.63, 3.8) is 0 Å². The molecule has 1 unspecified atom stereocenters. The summed E-state index contributed by atoms with van der Waals surface area (Å²) in [5.41, 5.74) is -2.21. The van der Waals surface area contributed by atoms with Gasteiger partial charge in [-0.25, -0.2) is 9.48 Å². The van der Waals surface area contributed by atoms with E-state index >= 15 is 0 Å². The van der Waals surface area contributed by atoms with E-state index in [-0.39, 0.29) is 38.6 Å². The van der Waals surface area contributed by atoms with Gasteiger partial charge in [-0.05, 0) is 31.9 Å². The molecule has 2 aromatic rings. The minimum absolute atomic E-state index is 0.0722. The van der Waals surface area contributed by atoms with Crippen LogP contribution in [0.15, 0.2) is 33.9 Å². The molecule has 1 atom stereocenters. The van der Waals surface area contributed by atoms with E-state index in [2.05, 4.69) is 5.10 Å². The van der Waals surface area contributed by atoms with Gasteiger partial charge in [0.1, 0.15) is 24.2 Å². The van der Waals surface area contributed by atoms with Crippen LogP contribution in [0.25, 0.3) is 0 Å². The lowest BCUT2D eigenvalue weighted by molar-refractivity contribution is -0.145. The van der Waals surface area contributed by atoms with Gasteiger partial charge in [0.25, 0.3) is 5.88 Å². The van der Waals surface area contributed by atoms with Gasteiger partial charge < -0.3 is 18.9 Å². The van der Waals surface area contributed by atoms with Crippen molar-refractivity contribution in [1.82, 2.24) is 14.3 Å². The third kappa shape index (κ3) is 12.9. The minimum Gasteiger partial charge on any atom is -0.493 e. The number of alkyl halides is 6. The van der Waals surface area contributed by atoms with Crippen molar-refractivity contribution < 1.29 is 50.1 Å². The van der Waals surface area contributed by atoms with Gasteiger partial charge in [0, 0.05) is 44.8 Å². The number of esters is 1. The van der Waals surface area contributed by atoms with Crippen LogP contribution in [-0.2, 0) is 22.6 Å². The molecule has 0 aliphatic heterocycles. The number of ether oxygens (including phenoxy) is 4. The summed E-state index contributed by atoms with van der Waals surface area (Å²) in [5, 5.41) is 3.71. The maximum atomic E-state index is 12.7. The molecule has 0 radical (unpaired) electrons. The van der Waals surface area contributed by atoms with E-state index in [1.807, 2.05) is 0 Å². The molecule has 1 aromatic carbocycles. The molecule has 0 saturated heterocycles. The number of aryl methyl sites for hydroxylation is 1. The molecule has 0 fully saturated rings. The average Bonchev–Trinajstić information content (AvgIpc) is 2.90. The fourth-order valence-electron chi connectivity index (χ4n) is 3.47. The number of nitrogens with zero attached hydrogens (tertiary/aromatic N) is 3. The van der Waals surface area contributed by atoms with E-state index in [4.69, 9.17) is 18.9 Å². The molecular formula is C26H33F6N3O7. The van der Waals surface area contributed by atoms with E-state index in [1.54, 1.807) is 38.1 Å². The molecule has 0 amide bonds. The van der Waals surface area contributed by atoms with Crippen LogP contribution in [0.2, 0.25) is 0 Å². The van der Waals surface area contributed by atoms with Crippen molar-refractivity contribution in [2.75, 3.05) is 19.8 Å². The predicted octanol–water partition coefficient (Wildman–Crippen LogP) is 4.66. The molecule has 1 heterocycles. The van der Waals surface area contributed by atoms with Crippen molar-refractivity contribution in [2.45, 2.75) is 83.9 Å². The first-order valence-electron chi connectivity index (χ1n) is 13.2. The highest BCUT2D eigenvalue weighted by Crippen LogP contribution is 2.23. The molecule has 10 nitrogen and oxygen atoms in total. The number of hydrogen-bond acceptors (Lipinski definition) is 8. The second-order valence-corrected chi connectivity index (χ2v) is 9.20. The summed E-state index contributed by atoms with van der Waals surface area (Å²) in [5.74, 6) is -0.0668. The van der Waals surface area contributed by atoms with Crippen molar-refractivity contribution in [3.8, 4) is 17.4 Å². The number of carbonyl (C=O) groups excluding carboxylic acids is 1. The summed E-state index contributed by atoms with van der Waals surface area (Å²) in [6.07, 6.45) is -12.6. The van der Waals surface area contributed by atoms with Crippen LogP contribution >= 0.6 is 0 Å². The van der Waals surface area contributed by atoms with Gasteiger partial charge in [0.2, 0.25) is 0 Å². The van der Waals surface area contributed by atoms with Gasteiger partial charge in [-0.2, -0.15) is 26.3 Å². The smallest absolute Gasteiger partial charge is 0.389 e. The van der Waals surface area contributed by atoms with Gasteiger partial charge in [-0.1, -0.05) is 13.0 Å². The first-order valence-corrected chi connectivity index (χ1v) is 13.2. The number of hydrogen-bond donors (Lipinski definition) is 0. The summed E-state index contributed by atoms with van der Waals surface area (Å²) < 4.78 is 98.1.